The van der Waals surface area contributed by atoms with Crippen LogP contribution >= 0.6 is 0 Å². The third-order valence-corrected chi connectivity index (χ3v) is 3.21. The summed E-state index contributed by atoms with van der Waals surface area (Å²) in [5.74, 6) is 0.919. The lowest BCUT2D eigenvalue weighted by Gasteiger charge is -2.08. The Hall–Kier alpha value is -1.88. The van der Waals surface area contributed by atoms with Crippen molar-refractivity contribution >= 4 is 0 Å². The van der Waals surface area contributed by atoms with Crippen LogP contribution < -0.4 is 10.5 Å². The molecule has 1 aromatic carbocycles. The van der Waals surface area contributed by atoms with Gasteiger partial charge in [0.25, 0.3) is 0 Å². The summed E-state index contributed by atoms with van der Waals surface area (Å²) in [5.41, 5.74) is 7.96. The first-order valence-electron chi connectivity index (χ1n) is 7.12. The van der Waals surface area contributed by atoms with Crippen LogP contribution in [0.4, 0.5) is 0 Å². The van der Waals surface area contributed by atoms with Gasteiger partial charge in [-0.3, -0.25) is 0 Å². The van der Waals surface area contributed by atoms with Crippen molar-refractivity contribution in [3.63, 3.8) is 0 Å². The predicted molar refractivity (Wildman–Crippen MR) is 78.7 cm³/mol. The first-order chi connectivity index (χ1) is 9.83. The highest BCUT2D eigenvalue weighted by molar-refractivity contribution is 5.27. The number of aryl methyl sites for hydroxylation is 2. The van der Waals surface area contributed by atoms with Crippen molar-refractivity contribution < 1.29 is 4.74 Å². The molecule has 1 heterocycles. The van der Waals surface area contributed by atoms with Crippen LogP contribution in [-0.2, 0) is 19.4 Å². The maximum absolute atomic E-state index is 5.72. The lowest BCUT2D eigenvalue weighted by molar-refractivity contribution is 0.297. The summed E-state index contributed by atoms with van der Waals surface area (Å²) in [5, 5.41) is 7.97. The maximum Gasteiger partial charge on any atom is 0.119 e. The third kappa shape index (κ3) is 4.06. The van der Waals surface area contributed by atoms with E-state index in [4.69, 9.17) is 10.5 Å². The van der Waals surface area contributed by atoms with E-state index in [0.717, 1.165) is 37.3 Å². The highest BCUT2D eigenvalue weighted by Crippen LogP contribution is 2.12. The summed E-state index contributed by atoms with van der Waals surface area (Å²) in [6.07, 6.45) is 4.54. The molecule has 0 atom stereocenters. The minimum absolute atomic E-state index is 0.619. The summed E-state index contributed by atoms with van der Waals surface area (Å²) >= 11 is 0. The Labute approximate surface area is 119 Å². The van der Waals surface area contributed by atoms with Crippen molar-refractivity contribution in [2.24, 2.45) is 5.73 Å². The topological polar surface area (TPSA) is 66.0 Å². The van der Waals surface area contributed by atoms with E-state index in [2.05, 4.69) is 29.4 Å². The van der Waals surface area contributed by atoms with Gasteiger partial charge in [-0.05, 0) is 30.7 Å². The van der Waals surface area contributed by atoms with E-state index in [1.54, 1.807) is 6.20 Å². The van der Waals surface area contributed by atoms with Crippen LogP contribution in [0.1, 0.15) is 24.6 Å². The highest BCUT2D eigenvalue weighted by atomic mass is 16.5. The van der Waals surface area contributed by atoms with Crippen LogP contribution in [-0.4, -0.2) is 28.1 Å². The molecule has 0 radical (unpaired) electrons. The summed E-state index contributed by atoms with van der Waals surface area (Å²) in [7, 11) is 0. The van der Waals surface area contributed by atoms with Crippen LogP contribution in [0.3, 0.4) is 0 Å². The average molecular weight is 274 g/mol. The second-order valence-corrected chi connectivity index (χ2v) is 4.69. The van der Waals surface area contributed by atoms with Crippen molar-refractivity contribution in [1.82, 2.24) is 15.0 Å². The van der Waals surface area contributed by atoms with E-state index >= 15 is 0 Å². The number of benzene rings is 1. The predicted octanol–water partition coefficient (Wildman–Crippen LogP) is 1.81. The molecule has 0 aliphatic carbocycles. The number of rotatable bonds is 8. The lowest BCUT2D eigenvalue weighted by atomic mass is 10.2. The van der Waals surface area contributed by atoms with Gasteiger partial charge in [0.2, 0.25) is 0 Å². The van der Waals surface area contributed by atoms with Gasteiger partial charge in [0, 0.05) is 19.4 Å². The number of nitrogens with two attached hydrogens (primary N) is 1. The van der Waals surface area contributed by atoms with Gasteiger partial charge in [0.15, 0.2) is 0 Å². The SMILES string of the molecule is CCc1ccc(OCCCn2nncc2CCN)cc1. The average Bonchev–Trinajstić information content (AvgIpc) is 2.92. The number of hydrogen-bond acceptors (Lipinski definition) is 4. The van der Waals surface area contributed by atoms with Crippen LogP contribution in [0.15, 0.2) is 30.5 Å². The van der Waals surface area contributed by atoms with Gasteiger partial charge in [-0.15, -0.1) is 5.10 Å². The van der Waals surface area contributed by atoms with Gasteiger partial charge in [0.1, 0.15) is 5.75 Å². The molecule has 0 aliphatic heterocycles. The molecular formula is C15H22N4O. The van der Waals surface area contributed by atoms with Crippen LogP contribution in [0.2, 0.25) is 0 Å². The molecule has 1 aromatic heterocycles. The lowest BCUT2D eigenvalue weighted by Crippen LogP contribution is -2.12. The number of aromatic nitrogens is 3. The molecule has 0 fully saturated rings. The molecule has 5 heteroatoms. The molecular weight excluding hydrogens is 252 g/mol. The number of ether oxygens (including phenoxy) is 1. The van der Waals surface area contributed by atoms with E-state index < -0.39 is 0 Å². The zero-order valence-electron chi connectivity index (χ0n) is 12.0. The monoisotopic (exact) mass is 274 g/mol. The second kappa shape index (κ2) is 7.65. The van der Waals surface area contributed by atoms with Crippen molar-refractivity contribution in [2.45, 2.75) is 32.7 Å². The molecule has 0 aliphatic rings. The van der Waals surface area contributed by atoms with Crippen molar-refractivity contribution in [2.75, 3.05) is 13.2 Å². The summed E-state index contributed by atoms with van der Waals surface area (Å²) in [6.45, 7) is 4.25. The molecule has 0 unspecified atom stereocenters. The molecule has 5 nitrogen and oxygen atoms in total. The third-order valence-electron chi connectivity index (χ3n) is 3.21. The molecule has 0 bridgehead atoms. The van der Waals surface area contributed by atoms with Gasteiger partial charge >= 0.3 is 0 Å². The fourth-order valence-corrected chi connectivity index (χ4v) is 2.03. The normalized spacial score (nSPS) is 10.7. The molecule has 108 valence electrons. The van der Waals surface area contributed by atoms with E-state index in [0.29, 0.717) is 13.2 Å². The Balaban J connectivity index is 1.74. The zero-order valence-corrected chi connectivity index (χ0v) is 12.0. The van der Waals surface area contributed by atoms with Gasteiger partial charge in [-0.1, -0.05) is 24.3 Å². The molecule has 0 amide bonds. The Morgan fingerprint density at radius 2 is 2.05 bits per heavy atom. The fourth-order valence-electron chi connectivity index (χ4n) is 2.03. The standard InChI is InChI=1S/C15H22N4O/c1-2-13-4-6-15(7-5-13)20-11-3-10-19-14(8-9-16)12-17-18-19/h4-7,12H,2-3,8-11,16H2,1H3. The van der Waals surface area contributed by atoms with Gasteiger partial charge in [-0.2, -0.15) is 0 Å². The zero-order chi connectivity index (χ0) is 14.2. The second-order valence-electron chi connectivity index (χ2n) is 4.69. The minimum Gasteiger partial charge on any atom is -0.494 e. The van der Waals surface area contributed by atoms with Crippen LogP contribution in [0, 0.1) is 0 Å². The summed E-state index contributed by atoms with van der Waals surface area (Å²) < 4.78 is 7.62. The molecule has 0 saturated heterocycles. The minimum atomic E-state index is 0.619. The smallest absolute Gasteiger partial charge is 0.119 e. The van der Waals surface area contributed by atoms with Crippen LogP contribution in [0.25, 0.3) is 0 Å². The summed E-state index contributed by atoms with van der Waals surface area (Å²) in [6, 6.07) is 8.25. The van der Waals surface area contributed by atoms with E-state index in [-0.39, 0.29) is 0 Å². The molecule has 2 N–H and O–H groups in total. The van der Waals surface area contributed by atoms with Crippen molar-refractivity contribution in [3.05, 3.63) is 41.7 Å². The van der Waals surface area contributed by atoms with Crippen LogP contribution in [0.5, 0.6) is 5.75 Å². The number of hydrogen-bond donors (Lipinski definition) is 1. The fraction of sp³-hybridized carbons (Fsp3) is 0.467. The summed E-state index contributed by atoms with van der Waals surface area (Å²) in [4.78, 5) is 0. The molecule has 2 aromatic rings. The van der Waals surface area contributed by atoms with Crippen molar-refractivity contribution in [3.8, 4) is 5.75 Å². The molecule has 2 rings (SSSR count). The van der Waals surface area contributed by atoms with E-state index in [9.17, 15) is 0 Å². The maximum atomic E-state index is 5.72. The van der Waals surface area contributed by atoms with E-state index in [1.807, 2.05) is 16.8 Å². The Morgan fingerprint density at radius 3 is 2.75 bits per heavy atom. The number of nitrogens with zero attached hydrogens (tertiary/aromatic N) is 3. The first-order valence-corrected chi connectivity index (χ1v) is 7.12. The Morgan fingerprint density at radius 1 is 1.25 bits per heavy atom. The Kier molecular flexibility index (Phi) is 5.55. The van der Waals surface area contributed by atoms with Crippen molar-refractivity contribution in [1.29, 1.82) is 0 Å². The quantitative estimate of drug-likeness (QED) is 0.746. The van der Waals surface area contributed by atoms with Gasteiger partial charge < -0.3 is 10.5 Å². The van der Waals surface area contributed by atoms with Gasteiger partial charge in [-0.25, -0.2) is 4.68 Å². The largest absolute Gasteiger partial charge is 0.494 e. The van der Waals surface area contributed by atoms with E-state index in [1.165, 1.54) is 5.56 Å². The Bertz CT molecular complexity index is 507. The molecule has 20 heavy (non-hydrogen) atoms. The first kappa shape index (κ1) is 14.5. The van der Waals surface area contributed by atoms with Gasteiger partial charge in [0.05, 0.1) is 18.5 Å². The molecule has 0 saturated carbocycles. The highest BCUT2D eigenvalue weighted by Gasteiger charge is 2.02. The molecule has 0 spiro atoms.